The Morgan fingerprint density at radius 1 is 1.31 bits per heavy atom. The summed E-state index contributed by atoms with van der Waals surface area (Å²) in [6, 6.07) is 9.59. The lowest BCUT2D eigenvalue weighted by Gasteiger charge is -2.17. The van der Waals surface area contributed by atoms with Gasteiger partial charge in [0.2, 0.25) is 0 Å². The van der Waals surface area contributed by atoms with E-state index in [1.54, 1.807) is 0 Å². The zero-order valence-electron chi connectivity index (χ0n) is 10.2. The van der Waals surface area contributed by atoms with Gasteiger partial charge >= 0.3 is 0 Å². The van der Waals surface area contributed by atoms with Crippen LogP contribution in [-0.2, 0) is 5.75 Å². The number of anilines is 1. The van der Waals surface area contributed by atoms with Crippen LogP contribution in [0.1, 0.15) is 31.7 Å². The summed E-state index contributed by atoms with van der Waals surface area (Å²) in [7, 11) is 0. The minimum absolute atomic E-state index is 0.686. The summed E-state index contributed by atoms with van der Waals surface area (Å²) in [4.78, 5) is 0. The van der Waals surface area contributed by atoms with Crippen LogP contribution in [0.3, 0.4) is 0 Å². The molecule has 1 aromatic rings. The highest BCUT2D eigenvalue weighted by Crippen LogP contribution is 2.35. The van der Waals surface area contributed by atoms with E-state index >= 15 is 0 Å². The van der Waals surface area contributed by atoms with Crippen LogP contribution in [-0.4, -0.2) is 12.3 Å². The molecule has 0 amide bonds. The molecule has 1 unspecified atom stereocenters. The number of hydrogen-bond acceptors (Lipinski definition) is 2. The fourth-order valence-corrected chi connectivity index (χ4v) is 2.66. The largest absolute Gasteiger partial charge is 0.382 e. The van der Waals surface area contributed by atoms with Crippen molar-refractivity contribution in [2.24, 2.45) is 5.92 Å². The molecule has 1 aliphatic carbocycles. The minimum Gasteiger partial charge on any atom is -0.382 e. The molecule has 0 bridgehead atoms. The Kier molecular flexibility index (Phi) is 4.16. The molecule has 0 aliphatic heterocycles. The van der Waals surface area contributed by atoms with Gasteiger partial charge in [-0.1, -0.05) is 19.1 Å². The topological polar surface area (TPSA) is 12.0 Å². The number of rotatable bonds is 6. The first-order valence-electron chi connectivity index (χ1n) is 6.18. The second-order valence-electron chi connectivity index (χ2n) is 4.63. The number of nitrogens with one attached hydrogen (secondary N) is 1. The molecule has 88 valence electrons. The molecule has 1 nitrogen and oxygen atoms in total. The van der Waals surface area contributed by atoms with Gasteiger partial charge < -0.3 is 5.32 Å². The molecule has 0 saturated heterocycles. The highest BCUT2D eigenvalue weighted by molar-refractivity contribution is 7.97. The summed E-state index contributed by atoms with van der Waals surface area (Å²) in [6.45, 7) is 2.28. The molecule has 0 spiro atoms. The number of benzene rings is 1. The third-order valence-corrected chi connectivity index (χ3v) is 3.87. The van der Waals surface area contributed by atoms with Gasteiger partial charge in [-0.05, 0) is 49.1 Å². The van der Waals surface area contributed by atoms with Crippen LogP contribution in [0.4, 0.5) is 5.69 Å². The smallest absolute Gasteiger partial charge is 0.0342 e. The Hall–Kier alpha value is -0.630. The van der Waals surface area contributed by atoms with E-state index in [9.17, 15) is 0 Å². The van der Waals surface area contributed by atoms with Crippen molar-refractivity contribution in [3.05, 3.63) is 29.8 Å². The van der Waals surface area contributed by atoms with Gasteiger partial charge in [-0.25, -0.2) is 0 Å². The van der Waals surface area contributed by atoms with E-state index in [-0.39, 0.29) is 0 Å². The zero-order valence-corrected chi connectivity index (χ0v) is 11.0. The number of hydrogen-bond donors (Lipinski definition) is 1. The predicted octanol–water partition coefficient (Wildman–Crippen LogP) is 4.15. The maximum absolute atomic E-state index is 3.65. The van der Waals surface area contributed by atoms with Gasteiger partial charge in [0, 0.05) is 17.5 Å². The van der Waals surface area contributed by atoms with Crippen LogP contribution in [0, 0.1) is 5.92 Å². The Morgan fingerprint density at radius 3 is 2.50 bits per heavy atom. The molecule has 0 aromatic heterocycles. The van der Waals surface area contributed by atoms with Crippen LogP contribution in [0.15, 0.2) is 24.3 Å². The normalized spacial score (nSPS) is 17.1. The van der Waals surface area contributed by atoms with E-state index in [4.69, 9.17) is 0 Å². The summed E-state index contributed by atoms with van der Waals surface area (Å²) in [5.41, 5.74) is 2.70. The molecule has 0 radical (unpaired) electrons. The third kappa shape index (κ3) is 3.18. The molecule has 1 saturated carbocycles. The Balaban J connectivity index is 1.92. The second-order valence-corrected chi connectivity index (χ2v) is 5.49. The predicted molar refractivity (Wildman–Crippen MR) is 74.1 cm³/mol. The lowest BCUT2D eigenvalue weighted by molar-refractivity contribution is 0.616. The second kappa shape index (κ2) is 5.62. The van der Waals surface area contributed by atoms with Gasteiger partial charge in [0.1, 0.15) is 0 Å². The molecular weight excluding hydrogens is 214 g/mol. The molecule has 1 N–H and O–H groups in total. The van der Waals surface area contributed by atoms with E-state index in [1.165, 1.54) is 30.5 Å². The summed E-state index contributed by atoms with van der Waals surface area (Å²) < 4.78 is 0. The Bertz CT molecular complexity index is 316. The number of thioether (sulfide) groups is 1. The van der Waals surface area contributed by atoms with E-state index < -0.39 is 0 Å². The first-order chi connectivity index (χ1) is 7.83. The van der Waals surface area contributed by atoms with Crippen molar-refractivity contribution in [3.63, 3.8) is 0 Å². The summed E-state index contributed by atoms with van der Waals surface area (Å²) >= 11 is 1.87. The van der Waals surface area contributed by atoms with Crippen molar-refractivity contribution < 1.29 is 0 Å². The van der Waals surface area contributed by atoms with Crippen molar-refractivity contribution in [2.75, 3.05) is 11.6 Å². The van der Waals surface area contributed by atoms with Crippen LogP contribution < -0.4 is 5.32 Å². The quantitative estimate of drug-likeness (QED) is 0.795. The monoisotopic (exact) mass is 235 g/mol. The zero-order chi connectivity index (χ0) is 11.4. The molecular formula is C14H21NS. The van der Waals surface area contributed by atoms with Crippen molar-refractivity contribution in [1.29, 1.82) is 0 Å². The maximum Gasteiger partial charge on any atom is 0.0342 e. The molecule has 2 heteroatoms. The van der Waals surface area contributed by atoms with Crippen molar-refractivity contribution in [3.8, 4) is 0 Å². The average Bonchev–Trinajstić information content (AvgIpc) is 3.12. The van der Waals surface area contributed by atoms with Crippen LogP contribution >= 0.6 is 11.8 Å². The lowest BCUT2D eigenvalue weighted by atomic mass is 10.1. The standard InChI is InChI=1S/C14H21NS/c1-3-14(12-6-7-12)15-13-8-4-11(5-9-13)10-16-2/h4-5,8-9,12,14-15H,3,6-7,10H2,1-2H3. The van der Waals surface area contributed by atoms with Crippen LogP contribution in [0.25, 0.3) is 0 Å². The van der Waals surface area contributed by atoms with E-state index in [0.717, 1.165) is 11.7 Å². The summed E-state index contributed by atoms with van der Waals surface area (Å²) in [6.07, 6.45) is 6.20. The third-order valence-electron chi connectivity index (χ3n) is 3.25. The molecule has 0 heterocycles. The maximum atomic E-state index is 3.65. The van der Waals surface area contributed by atoms with Crippen molar-refractivity contribution >= 4 is 17.4 Å². The molecule has 1 aromatic carbocycles. The fraction of sp³-hybridized carbons (Fsp3) is 0.571. The molecule has 1 atom stereocenters. The minimum atomic E-state index is 0.686. The Morgan fingerprint density at radius 2 is 2.00 bits per heavy atom. The highest BCUT2D eigenvalue weighted by Gasteiger charge is 2.29. The first-order valence-corrected chi connectivity index (χ1v) is 7.57. The van der Waals surface area contributed by atoms with E-state index in [2.05, 4.69) is 42.8 Å². The molecule has 1 fully saturated rings. The van der Waals surface area contributed by atoms with E-state index in [1.807, 2.05) is 11.8 Å². The molecule has 1 aliphatic rings. The van der Waals surface area contributed by atoms with Gasteiger partial charge in [-0.15, -0.1) is 0 Å². The van der Waals surface area contributed by atoms with Gasteiger partial charge in [0.15, 0.2) is 0 Å². The Labute approximate surface area is 103 Å². The van der Waals surface area contributed by atoms with Gasteiger partial charge in [0.25, 0.3) is 0 Å². The fourth-order valence-electron chi connectivity index (χ4n) is 2.13. The SMILES string of the molecule is CCC(Nc1ccc(CSC)cc1)C1CC1. The summed E-state index contributed by atoms with van der Waals surface area (Å²) in [5.74, 6) is 2.04. The van der Waals surface area contributed by atoms with Crippen molar-refractivity contribution in [2.45, 2.75) is 38.0 Å². The average molecular weight is 235 g/mol. The molecule has 2 rings (SSSR count). The van der Waals surface area contributed by atoms with Crippen molar-refractivity contribution in [1.82, 2.24) is 0 Å². The van der Waals surface area contributed by atoms with Crippen LogP contribution in [0.5, 0.6) is 0 Å². The summed E-state index contributed by atoms with van der Waals surface area (Å²) in [5, 5.41) is 3.65. The lowest BCUT2D eigenvalue weighted by Crippen LogP contribution is -2.20. The highest BCUT2D eigenvalue weighted by atomic mass is 32.2. The van der Waals surface area contributed by atoms with Gasteiger partial charge in [0.05, 0.1) is 0 Å². The van der Waals surface area contributed by atoms with Gasteiger partial charge in [-0.2, -0.15) is 11.8 Å². The van der Waals surface area contributed by atoms with Crippen LogP contribution in [0.2, 0.25) is 0 Å². The van der Waals surface area contributed by atoms with E-state index in [0.29, 0.717) is 6.04 Å². The van der Waals surface area contributed by atoms with Gasteiger partial charge in [-0.3, -0.25) is 0 Å². The first kappa shape index (κ1) is 11.8. The molecule has 16 heavy (non-hydrogen) atoms.